The number of carbonyl (C=O) groups is 1. The van der Waals surface area contributed by atoms with Gasteiger partial charge in [-0.05, 0) is 62.1 Å². The van der Waals surface area contributed by atoms with Crippen molar-refractivity contribution in [1.82, 2.24) is 5.32 Å². The van der Waals surface area contributed by atoms with Gasteiger partial charge in [-0.15, -0.1) is 0 Å². The first-order valence-electron chi connectivity index (χ1n) is 8.88. The molecule has 0 saturated heterocycles. The highest BCUT2D eigenvalue weighted by atomic mass is 32.2. The number of benzene rings is 2. The highest BCUT2D eigenvalue weighted by molar-refractivity contribution is 7.89. The molecule has 0 spiro atoms. The first-order chi connectivity index (χ1) is 12.7. The summed E-state index contributed by atoms with van der Waals surface area (Å²) in [6.07, 6.45) is 1.77. The molecule has 0 aliphatic rings. The fourth-order valence-corrected chi connectivity index (χ4v) is 3.06. The number of hydrogen-bond acceptors (Lipinski definition) is 4. The number of primary sulfonamides is 1. The van der Waals surface area contributed by atoms with Gasteiger partial charge in [-0.3, -0.25) is 4.79 Å². The number of nitrogens with one attached hydrogen (secondary N) is 1. The predicted octanol–water partition coefficient (Wildman–Crippen LogP) is 2.41. The van der Waals surface area contributed by atoms with Gasteiger partial charge in [0.1, 0.15) is 5.75 Å². The molecular weight excluding hydrogens is 364 g/mol. The average Bonchev–Trinajstić information content (AvgIpc) is 2.60. The van der Waals surface area contributed by atoms with Crippen LogP contribution >= 0.6 is 0 Å². The molecule has 0 aromatic heterocycles. The molecule has 0 saturated carbocycles. The van der Waals surface area contributed by atoms with Crippen LogP contribution in [0.15, 0.2) is 53.4 Å². The predicted molar refractivity (Wildman–Crippen MR) is 105 cm³/mol. The molecule has 27 heavy (non-hydrogen) atoms. The van der Waals surface area contributed by atoms with Gasteiger partial charge in [0, 0.05) is 13.0 Å². The monoisotopic (exact) mass is 390 g/mol. The zero-order chi connectivity index (χ0) is 19.9. The van der Waals surface area contributed by atoms with Gasteiger partial charge in [0.05, 0.1) is 11.0 Å². The molecule has 146 valence electrons. The van der Waals surface area contributed by atoms with Crippen LogP contribution in [0.1, 0.15) is 31.4 Å². The molecule has 2 aromatic rings. The summed E-state index contributed by atoms with van der Waals surface area (Å²) in [5, 5.41) is 7.96. The van der Waals surface area contributed by atoms with E-state index in [0.29, 0.717) is 19.4 Å². The van der Waals surface area contributed by atoms with Gasteiger partial charge in [-0.25, -0.2) is 13.6 Å². The standard InChI is InChI=1S/C20H26N2O4S/c1-15(2)26-18-8-3-17(4-9-18)13-14-22-20(23)12-7-16-5-10-19(11-6-16)27(21,24)25/h3-6,8-11,15H,7,12-14H2,1-2H3,(H,22,23)(H2,21,24,25). The van der Waals surface area contributed by atoms with Gasteiger partial charge < -0.3 is 10.1 Å². The fourth-order valence-electron chi connectivity index (χ4n) is 2.55. The molecule has 0 aliphatic heterocycles. The lowest BCUT2D eigenvalue weighted by Gasteiger charge is -2.10. The Hall–Kier alpha value is -2.38. The molecule has 0 radical (unpaired) electrons. The van der Waals surface area contributed by atoms with Crippen LogP contribution in [0.4, 0.5) is 0 Å². The lowest BCUT2D eigenvalue weighted by molar-refractivity contribution is -0.121. The first kappa shape index (κ1) is 20.9. The van der Waals surface area contributed by atoms with Crippen LogP contribution in [0.2, 0.25) is 0 Å². The number of carbonyl (C=O) groups excluding carboxylic acids is 1. The van der Waals surface area contributed by atoms with E-state index < -0.39 is 10.0 Å². The van der Waals surface area contributed by atoms with Crippen molar-refractivity contribution in [2.24, 2.45) is 5.14 Å². The van der Waals surface area contributed by atoms with Crippen LogP contribution < -0.4 is 15.2 Å². The van der Waals surface area contributed by atoms with Crippen molar-refractivity contribution >= 4 is 15.9 Å². The Kier molecular flexibility index (Phi) is 7.38. The van der Waals surface area contributed by atoms with Gasteiger partial charge in [0.2, 0.25) is 15.9 Å². The molecule has 1 amide bonds. The van der Waals surface area contributed by atoms with Gasteiger partial charge in [0.25, 0.3) is 0 Å². The third-order valence-corrected chi connectivity index (χ3v) is 4.85. The van der Waals surface area contributed by atoms with Crippen molar-refractivity contribution in [2.75, 3.05) is 6.54 Å². The number of sulfonamides is 1. The van der Waals surface area contributed by atoms with Crippen molar-refractivity contribution in [2.45, 2.75) is 44.1 Å². The number of aryl methyl sites for hydroxylation is 1. The zero-order valence-corrected chi connectivity index (χ0v) is 16.5. The lowest BCUT2D eigenvalue weighted by Crippen LogP contribution is -2.25. The summed E-state index contributed by atoms with van der Waals surface area (Å²) in [6.45, 7) is 4.53. The molecule has 0 unspecified atom stereocenters. The molecule has 0 heterocycles. The Bertz CT molecular complexity index is 845. The van der Waals surface area contributed by atoms with Crippen LogP contribution in [0.25, 0.3) is 0 Å². The normalized spacial score (nSPS) is 11.4. The quantitative estimate of drug-likeness (QED) is 0.687. The second-order valence-electron chi connectivity index (χ2n) is 6.60. The minimum absolute atomic E-state index is 0.0368. The van der Waals surface area contributed by atoms with Crippen LogP contribution in [0.5, 0.6) is 5.75 Å². The summed E-state index contributed by atoms with van der Waals surface area (Å²) in [4.78, 5) is 12.0. The van der Waals surface area contributed by atoms with Crippen LogP contribution in [-0.2, 0) is 27.7 Å². The Morgan fingerprint density at radius 1 is 1.00 bits per heavy atom. The van der Waals surface area contributed by atoms with Crippen molar-refractivity contribution in [1.29, 1.82) is 0 Å². The van der Waals surface area contributed by atoms with E-state index >= 15 is 0 Å². The van der Waals surface area contributed by atoms with E-state index in [4.69, 9.17) is 9.88 Å². The molecule has 7 heteroatoms. The Labute approximate surface area is 160 Å². The number of hydrogen-bond donors (Lipinski definition) is 2. The van der Waals surface area contributed by atoms with E-state index in [9.17, 15) is 13.2 Å². The molecule has 0 bridgehead atoms. The molecule has 2 aromatic carbocycles. The van der Waals surface area contributed by atoms with E-state index in [2.05, 4.69) is 5.32 Å². The Morgan fingerprint density at radius 2 is 1.56 bits per heavy atom. The topological polar surface area (TPSA) is 98.5 Å². The summed E-state index contributed by atoms with van der Waals surface area (Å²) in [6, 6.07) is 14.1. The summed E-state index contributed by atoms with van der Waals surface area (Å²) >= 11 is 0. The maximum absolute atomic E-state index is 12.0. The first-order valence-corrected chi connectivity index (χ1v) is 10.4. The number of ether oxygens (including phenoxy) is 1. The summed E-state index contributed by atoms with van der Waals surface area (Å²) in [7, 11) is -3.69. The highest BCUT2D eigenvalue weighted by Gasteiger charge is 2.08. The minimum atomic E-state index is -3.69. The second-order valence-corrected chi connectivity index (χ2v) is 8.16. The van der Waals surface area contributed by atoms with Gasteiger partial charge in [-0.1, -0.05) is 24.3 Å². The number of nitrogens with two attached hydrogens (primary N) is 1. The molecule has 6 nitrogen and oxygen atoms in total. The van der Waals surface area contributed by atoms with E-state index in [1.165, 1.54) is 12.1 Å². The van der Waals surface area contributed by atoms with E-state index in [1.54, 1.807) is 12.1 Å². The zero-order valence-electron chi connectivity index (χ0n) is 15.6. The fraction of sp³-hybridized carbons (Fsp3) is 0.350. The average molecular weight is 391 g/mol. The van der Waals surface area contributed by atoms with Crippen LogP contribution in [-0.4, -0.2) is 27.0 Å². The maximum atomic E-state index is 12.0. The summed E-state index contributed by atoms with van der Waals surface area (Å²) < 4.78 is 28.0. The van der Waals surface area contributed by atoms with Gasteiger partial charge in [-0.2, -0.15) is 0 Å². The van der Waals surface area contributed by atoms with Crippen LogP contribution in [0, 0.1) is 0 Å². The van der Waals surface area contributed by atoms with Crippen molar-refractivity contribution in [3.05, 3.63) is 59.7 Å². The van der Waals surface area contributed by atoms with Gasteiger partial charge >= 0.3 is 0 Å². The maximum Gasteiger partial charge on any atom is 0.238 e. The molecule has 2 rings (SSSR count). The van der Waals surface area contributed by atoms with E-state index in [-0.39, 0.29) is 16.9 Å². The molecule has 0 atom stereocenters. The Balaban J connectivity index is 1.72. The largest absolute Gasteiger partial charge is 0.491 e. The number of rotatable bonds is 9. The van der Waals surface area contributed by atoms with Crippen molar-refractivity contribution in [3.63, 3.8) is 0 Å². The summed E-state index contributed by atoms with van der Waals surface area (Å²) in [5.74, 6) is 0.802. The second kappa shape index (κ2) is 9.53. The minimum Gasteiger partial charge on any atom is -0.491 e. The van der Waals surface area contributed by atoms with E-state index in [1.807, 2.05) is 38.1 Å². The Morgan fingerprint density at radius 3 is 2.11 bits per heavy atom. The smallest absolute Gasteiger partial charge is 0.238 e. The SMILES string of the molecule is CC(C)Oc1ccc(CCNC(=O)CCc2ccc(S(N)(=O)=O)cc2)cc1. The van der Waals surface area contributed by atoms with Gasteiger partial charge in [0.15, 0.2) is 0 Å². The third-order valence-electron chi connectivity index (χ3n) is 3.92. The van der Waals surface area contributed by atoms with Crippen molar-refractivity contribution < 1.29 is 17.9 Å². The molecule has 0 fully saturated rings. The third kappa shape index (κ3) is 7.40. The highest BCUT2D eigenvalue weighted by Crippen LogP contribution is 2.14. The lowest BCUT2D eigenvalue weighted by atomic mass is 10.1. The molecule has 0 aliphatic carbocycles. The summed E-state index contributed by atoms with van der Waals surface area (Å²) in [5.41, 5.74) is 2.02. The van der Waals surface area contributed by atoms with Crippen LogP contribution in [0.3, 0.4) is 0 Å². The van der Waals surface area contributed by atoms with E-state index in [0.717, 1.165) is 23.3 Å². The number of amides is 1. The molecular formula is C20H26N2O4S. The molecule has 3 N–H and O–H groups in total. The van der Waals surface area contributed by atoms with Crippen molar-refractivity contribution in [3.8, 4) is 5.75 Å².